The van der Waals surface area contributed by atoms with E-state index in [4.69, 9.17) is 4.74 Å². The van der Waals surface area contributed by atoms with Crippen LogP contribution >= 0.6 is 15.9 Å². The second kappa shape index (κ2) is 7.10. The SMILES string of the molecule is COc1ccc(C(=O)NCc2cc([N+](=O)[O-])ccc2O)cc1Br. The van der Waals surface area contributed by atoms with Crippen LogP contribution in [0.5, 0.6) is 11.5 Å². The van der Waals surface area contributed by atoms with Crippen molar-refractivity contribution in [3.05, 3.63) is 62.1 Å². The minimum absolute atomic E-state index is 0.0318. The maximum absolute atomic E-state index is 12.1. The van der Waals surface area contributed by atoms with Gasteiger partial charge in [-0.1, -0.05) is 0 Å². The van der Waals surface area contributed by atoms with Gasteiger partial charge in [-0.2, -0.15) is 0 Å². The topological polar surface area (TPSA) is 102 Å². The van der Waals surface area contributed by atoms with E-state index in [1.54, 1.807) is 18.2 Å². The Morgan fingerprint density at radius 3 is 2.70 bits per heavy atom. The highest BCUT2D eigenvalue weighted by Gasteiger charge is 2.13. The van der Waals surface area contributed by atoms with Gasteiger partial charge in [0, 0.05) is 29.8 Å². The number of carbonyl (C=O) groups is 1. The Labute approximate surface area is 140 Å². The minimum atomic E-state index is -0.564. The lowest BCUT2D eigenvalue weighted by Crippen LogP contribution is -2.22. The molecular weight excluding hydrogens is 368 g/mol. The van der Waals surface area contributed by atoms with Crippen molar-refractivity contribution in [2.75, 3.05) is 7.11 Å². The maximum atomic E-state index is 12.1. The zero-order chi connectivity index (χ0) is 17.0. The summed E-state index contributed by atoms with van der Waals surface area (Å²) in [5.74, 6) is 0.101. The van der Waals surface area contributed by atoms with E-state index in [1.807, 2.05) is 0 Å². The molecule has 0 aliphatic rings. The molecule has 2 rings (SSSR count). The van der Waals surface area contributed by atoms with Crippen LogP contribution in [0.4, 0.5) is 5.69 Å². The van der Waals surface area contributed by atoms with Crippen LogP contribution in [-0.4, -0.2) is 23.0 Å². The van der Waals surface area contributed by atoms with E-state index in [-0.39, 0.29) is 29.5 Å². The van der Waals surface area contributed by atoms with Gasteiger partial charge in [0.25, 0.3) is 11.6 Å². The number of halogens is 1. The summed E-state index contributed by atoms with van der Waals surface area (Å²) < 4.78 is 5.72. The van der Waals surface area contributed by atoms with Gasteiger partial charge in [-0.25, -0.2) is 0 Å². The van der Waals surface area contributed by atoms with E-state index in [0.717, 1.165) is 0 Å². The number of carbonyl (C=O) groups excluding carboxylic acids is 1. The van der Waals surface area contributed by atoms with Crippen LogP contribution in [0.25, 0.3) is 0 Å². The number of ether oxygens (including phenoxy) is 1. The van der Waals surface area contributed by atoms with Gasteiger partial charge in [-0.15, -0.1) is 0 Å². The number of non-ortho nitro benzene ring substituents is 1. The third kappa shape index (κ3) is 3.98. The average Bonchev–Trinajstić information content (AvgIpc) is 2.53. The zero-order valence-electron chi connectivity index (χ0n) is 12.1. The Hall–Kier alpha value is -2.61. The fourth-order valence-corrected chi connectivity index (χ4v) is 2.45. The Bertz CT molecular complexity index is 764. The van der Waals surface area contributed by atoms with Crippen molar-refractivity contribution in [3.8, 4) is 11.5 Å². The first-order valence-electron chi connectivity index (χ1n) is 6.50. The molecule has 8 heteroatoms. The van der Waals surface area contributed by atoms with E-state index in [2.05, 4.69) is 21.2 Å². The molecule has 1 amide bonds. The number of rotatable bonds is 5. The summed E-state index contributed by atoms with van der Waals surface area (Å²) in [5.41, 5.74) is 0.502. The van der Waals surface area contributed by atoms with Crippen LogP contribution in [0, 0.1) is 10.1 Å². The molecule has 0 radical (unpaired) electrons. The number of nitrogens with zero attached hydrogens (tertiary/aromatic N) is 1. The molecule has 0 aliphatic heterocycles. The number of benzene rings is 2. The van der Waals surface area contributed by atoms with Crippen molar-refractivity contribution < 1.29 is 19.6 Å². The first-order valence-corrected chi connectivity index (χ1v) is 7.29. The number of amides is 1. The van der Waals surface area contributed by atoms with Crippen molar-refractivity contribution in [1.82, 2.24) is 5.32 Å². The van der Waals surface area contributed by atoms with E-state index >= 15 is 0 Å². The van der Waals surface area contributed by atoms with Gasteiger partial charge in [-0.3, -0.25) is 14.9 Å². The second-order valence-electron chi connectivity index (χ2n) is 4.60. The summed E-state index contributed by atoms with van der Waals surface area (Å²) in [6.45, 7) is -0.0318. The Morgan fingerprint density at radius 1 is 1.35 bits per heavy atom. The number of nitro benzene ring substituents is 1. The summed E-state index contributed by atoms with van der Waals surface area (Å²) in [7, 11) is 1.52. The number of phenols is 1. The fraction of sp³-hybridized carbons (Fsp3) is 0.133. The fourth-order valence-electron chi connectivity index (χ4n) is 1.91. The molecule has 2 aromatic carbocycles. The highest BCUT2D eigenvalue weighted by atomic mass is 79.9. The summed E-state index contributed by atoms with van der Waals surface area (Å²) >= 11 is 3.29. The number of hydrogen-bond acceptors (Lipinski definition) is 5. The van der Waals surface area contributed by atoms with Gasteiger partial charge in [0.1, 0.15) is 11.5 Å². The molecule has 0 bridgehead atoms. The highest BCUT2D eigenvalue weighted by molar-refractivity contribution is 9.10. The third-order valence-electron chi connectivity index (χ3n) is 3.13. The van der Waals surface area contributed by atoms with Crippen LogP contribution in [0.15, 0.2) is 40.9 Å². The molecule has 0 heterocycles. The maximum Gasteiger partial charge on any atom is 0.270 e. The molecule has 7 nitrogen and oxygen atoms in total. The summed E-state index contributed by atoms with van der Waals surface area (Å²) in [6.07, 6.45) is 0. The monoisotopic (exact) mass is 380 g/mol. The Kier molecular flexibility index (Phi) is 5.17. The lowest BCUT2D eigenvalue weighted by atomic mass is 10.1. The van der Waals surface area contributed by atoms with Crippen molar-refractivity contribution in [2.45, 2.75) is 6.54 Å². The van der Waals surface area contributed by atoms with Crippen LogP contribution in [-0.2, 0) is 6.54 Å². The Balaban J connectivity index is 2.11. The van der Waals surface area contributed by atoms with Gasteiger partial charge in [0.05, 0.1) is 16.5 Å². The second-order valence-corrected chi connectivity index (χ2v) is 5.46. The number of hydrogen-bond donors (Lipinski definition) is 2. The average molecular weight is 381 g/mol. The first-order chi connectivity index (χ1) is 10.9. The standard InChI is InChI=1S/C15H13BrN2O5/c1-23-14-5-2-9(7-12(14)16)15(20)17-8-10-6-11(18(21)22)3-4-13(10)19/h2-7,19H,8H2,1H3,(H,17,20). The third-order valence-corrected chi connectivity index (χ3v) is 3.75. The molecule has 0 saturated carbocycles. The highest BCUT2D eigenvalue weighted by Crippen LogP contribution is 2.26. The van der Waals surface area contributed by atoms with Crippen LogP contribution in [0.3, 0.4) is 0 Å². The normalized spacial score (nSPS) is 10.2. The molecule has 0 aliphatic carbocycles. The van der Waals surface area contributed by atoms with E-state index in [0.29, 0.717) is 15.8 Å². The lowest BCUT2D eigenvalue weighted by molar-refractivity contribution is -0.384. The predicted octanol–water partition coefficient (Wildman–Crippen LogP) is 3.00. The smallest absolute Gasteiger partial charge is 0.270 e. The van der Waals surface area contributed by atoms with E-state index in [9.17, 15) is 20.0 Å². The van der Waals surface area contributed by atoms with Gasteiger partial charge in [0.2, 0.25) is 0 Å². The van der Waals surface area contributed by atoms with Gasteiger partial charge in [0.15, 0.2) is 0 Å². The molecule has 0 aromatic heterocycles. The number of nitro groups is 1. The first kappa shape index (κ1) is 16.8. The quantitative estimate of drug-likeness (QED) is 0.613. The minimum Gasteiger partial charge on any atom is -0.508 e. The van der Waals surface area contributed by atoms with Crippen LogP contribution < -0.4 is 10.1 Å². The van der Waals surface area contributed by atoms with Crippen molar-refractivity contribution in [2.24, 2.45) is 0 Å². The molecule has 23 heavy (non-hydrogen) atoms. The van der Waals surface area contributed by atoms with E-state index < -0.39 is 4.92 Å². The van der Waals surface area contributed by atoms with Gasteiger partial charge in [-0.05, 0) is 40.2 Å². The Morgan fingerprint density at radius 2 is 2.09 bits per heavy atom. The number of phenolic OH excluding ortho intramolecular Hbond substituents is 1. The molecule has 0 atom stereocenters. The van der Waals surface area contributed by atoms with Gasteiger partial charge >= 0.3 is 0 Å². The molecule has 0 unspecified atom stereocenters. The summed E-state index contributed by atoms with van der Waals surface area (Å²) in [5, 5.41) is 23.1. The summed E-state index contributed by atoms with van der Waals surface area (Å²) in [4.78, 5) is 22.3. The molecule has 2 aromatic rings. The summed E-state index contributed by atoms with van der Waals surface area (Å²) in [6, 6.07) is 8.47. The molecule has 0 spiro atoms. The molecule has 2 N–H and O–H groups in total. The molecule has 120 valence electrons. The van der Waals surface area contributed by atoms with E-state index in [1.165, 1.54) is 25.3 Å². The van der Waals surface area contributed by atoms with Gasteiger partial charge < -0.3 is 15.2 Å². The molecular formula is C15H13BrN2O5. The zero-order valence-corrected chi connectivity index (χ0v) is 13.7. The molecule has 0 fully saturated rings. The lowest BCUT2D eigenvalue weighted by Gasteiger charge is -2.09. The van der Waals surface area contributed by atoms with Crippen molar-refractivity contribution >= 4 is 27.5 Å². The van der Waals surface area contributed by atoms with Crippen LogP contribution in [0.1, 0.15) is 15.9 Å². The number of nitrogens with one attached hydrogen (secondary N) is 1. The number of aromatic hydroxyl groups is 1. The van der Waals surface area contributed by atoms with Crippen molar-refractivity contribution in [3.63, 3.8) is 0 Å². The van der Waals surface area contributed by atoms with Crippen molar-refractivity contribution in [1.29, 1.82) is 0 Å². The molecule has 0 saturated heterocycles. The van der Waals surface area contributed by atoms with Crippen LogP contribution in [0.2, 0.25) is 0 Å². The largest absolute Gasteiger partial charge is 0.508 e. The predicted molar refractivity (Wildman–Crippen MR) is 86.6 cm³/mol. The number of methoxy groups -OCH3 is 1.